The lowest BCUT2D eigenvalue weighted by Gasteiger charge is -2.24. The Labute approximate surface area is 85.0 Å². The molecule has 0 N–H and O–H groups in total. The molecule has 1 aromatic rings. The molecule has 1 fully saturated rings. The number of hydrogen-bond donors (Lipinski definition) is 0. The summed E-state index contributed by atoms with van der Waals surface area (Å²) in [6.45, 7) is 6.34. The molecule has 1 aliphatic rings. The van der Waals surface area contributed by atoms with Crippen LogP contribution in [0.15, 0.2) is 0 Å². The second kappa shape index (κ2) is 3.30. The van der Waals surface area contributed by atoms with Crippen molar-refractivity contribution in [1.82, 2.24) is 15.0 Å². The van der Waals surface area contributed by atoms with Gasteiger partial charge in [0.05, 0.1) is 0 Å². The van der Waals surface area contributed by atoms with Gasteiger partial charge in [0.2, 0.25) is 6.33 Å². The standard InChI is InChI=1S/C11H16N3/c1-11(2,3)10-13-7-12-9(14-10)8-5-4-6-8/h8H,4-6H2,1-3H3. The summed E-state index contributed by atoms with van der Waals surface area (Å²) >= 11 is 0. The molecular formula is C11H16N3. The maximum absolute atomic E-state index is 4.51. The number of rotatable bonds is 1. The molecule has 0 atom stereocenters. The van der Waals surface area contributed by atoms with E-state index in [4.69, 9.17) is 0 Å². The van der Waals surface area contributed by atoms with Gasteiger partial charge in [-0.05, 0) is 12.8 Å². The van der Waals surface area contributed by atoms with Gasteiger partial charge in [-0.2, -0.15) is 0 Å². The van der Waals surface area contributed by atoms with E-state index < -0.39 is 0 Å². The maximum Gasteiger partial charge on any atom is 0.201 e. The minimum atomic E-state index is -0.00205. The Balaban J connectivity index is 2.26. The van der Waals surface area contributed by atoms with E-state index in [0.717, 1.165) is 11.6 Å². The molecule has 1 aromatic heterocycles. The molecule has 1 heterocycles. The van der Waals surface area contributed by atoms with Gasteiger partial charge in [0.15, 0.2) is 0 Å². The summed E-state index contributed by atoms with van der Waals surface area (Å²) in [5, 5.41) is 0. The quantitative estimate of drug-likeness (QED) is 0.681. The zero-order valence-corrected chi connectivity index (χ0v) is 9.04. The Morgan fingerprint density at radius 2 is 1.93 bits per heavy atom. The van der Waals surface area contributed by atoms with E-state index in [1.54, 1.807) is 0 Å². The van der Waals surface area contributed by atoms with Gasteiger partial charge in [-0.15, -0.1) is 0 Å². The van der Waals surface area contributed by atoms with Gasteiger partial charge in [-0.1, -0.05) is 27.2 Å². The first kappa shape index (κ1) is 9.56. The monoisotopic (exact) mass is 190 g/mol. The van der Waals surface area contributed by atoms with Gasteiger partial charge in [-0.25, -0.2) is 15.0 Å². The van der Waals surface area contributed by atoms with Crippen LogP contribution in [0.25, 0.3) is 0 Å². The molecule has 0 unspecified atom stereocenters. The maximum atomic E-state index is 4.51. The SMILES string of the molecule is CC(C)(C)c1n[c]nc(C2CCC2)n1. The van der Waals surface area contributed by atoms with E-state index in [9.17, 15) is 0 Å². The van der Waals surface area contributed by atoms with Gasteiger partial charge >= 0.3 is 0 Å². The highest BCUT2D eigenvalue weighted by Crippen LogP contribution is 2.34. The third kappa shape index (κ3) is 1.76. The second-order valence-electron chi connectivity index (χ2n) is 5.00. The highest BCUT2D eigenvalue weighted by molar-refractivity contribution is 5.06. The van der Waals surface area contributed by atoms with Crippen LogP contribution >= 0.6 is 0 Å². The van der Waals surface area contributed by atoms with E-state index >= 15 is 0 Å². The smallest absolute Gasteiger partial charge is 0.201 e. The summed E-state index contributed by atoms with van der Waals surface area (Å²) in [7, 11) is 0. The van der Waals surface area contributed by atoms with Gasteiger partial charge < -0.3 is 0 Å². The molecule has 75 valence electrons. The molecule has 1 aliphatic carbocycles. The summed E-state index contributed by atoms with van der Waals surface area (Å²) in [6.07, 6.45) is 6.48. The topological polar surface area (TPSA) is 38.7 Å². The first-order chi connectivity index (χ1) is 6.57. The molecule has 0 aromatic carbocycles. The summed E-state index contributed by atoms with van der Waals surface area (Å²) in [5.41, 5.74) is -0.00205. The minimum Gasteiger partial charge on any atom is -0.217 e. The summed E-state index contributed by atoms with van der Waals surface area (Å²) in [4.78, 5) is 12.7. The molecule has 3 heteroatoms. The van der Waals surface area contributed by atoms with Crippen molar-refractivity contribution in [3.63, 3.8) is 0 Å². The van der Waals surface area contributed by atoms with Gasteiger partial charge in [0, 0.05) is 11.3 Å². The Morgan fingerprint density at radius 1 is 1.21 bits per heavy atom. The van der Waals surface area contributed by atoms with Crippen molar-refractivity contribution in [1.29, 1.82) is 0 Å². The summed E-state index contributed by atoms with van der Waals surface area (Å²) in [6, 6.07) is 0. The van der Waals surface area contributed by atoms with E-state index in [0.29, 0.717) is 5.92 Å². The van der Waals surface area contributed by atoms with Crippen molar-refractivity contribution >= 4 is 0 Å². The molecule has 14 heavy (non-hydrogen) atoms. The Bertz CT molecular complexity index is 324. The van der Waals surface area contributed by atoms with Gasteiger partial charge in [-0.3, -0.25) is 0 Å². The molecule has 1 saturated carbocycles. The van der Waals surface area contributed by atoms with Crippen LogP contribution < -0.4 is 0 Å². The summed E-state index contributed by atoms with van der Waals surface area (Å²) < 4.78 is 0. The van der Waals surface area contributed by atoms with Crippen LogP contribution in [0.2, 0.25) is 0 Å². The van der Waals surface area contributed by atoms with Crippen molar-refractivity contribution in [2.45, 2.75) is 51.4 Å². The molecule has 2 rings (SSSR count). The van der Waals surface area contributed by atoms with Crippen LogP contribution in [0.5, 0.6) is 0 Å². The molecule has 1 radical (unpaired) electrons. The second-order valence-corrected chi connectivity index (χ2v) is 5.00. The lowest BCUT2D eigenvalue weighted by atomic mass is 9.84. The predicted molar refractivity (Wildman–Crippen MR) is 54.0 cm³/mol. The zero-order valence-electron chi connectivity index (χ0n) is 9.04. The van der Waals surface area contributed by atoms with Crippen molar-refractivity contribution in [3.8, 4) is 0 Å². The van der Waals surface area contributed by atoms with E-state index in [-0.39, 0.29) is 5.41 Å². The average Bonchev–Trinajstić information content (AvgIpc) is 2.00. The lowest BCUT2D eigenvalue weighted by Crippen LogP contribution is -2.20. The molecule has 3 nitrogen and oxygen atoms in total. The molecule has 0 saturated heterocycles. The summed E-state index contributed by atoms with van der Waals surface area (Å²) in [5.74, 6) is 2.36. The van der Waals surface area contributed by atoms with Crippen molar-refractivity contribution in [2.75, 3.05) is 0 Å². The van der Waals surface area contributed by atoms with Crippen LogP contribution in [0.1, 0.15) is 57.6 Å². The fourth-order valence-corrected chi connectivity index (χ4v) is 1.47. The Morgan fingerprint density at radius 3 is 2.43 bits per heavy atom. The van der Waals surface area contributed by atoms with Crippen LogP contribution in [0.3, 0.4) is 0 Å². The van der Waals surface area contributed by atoms with Crippen LogP contribution in [0.4, 0.5) is 0 Å². The average molecular weight is 190 g/mol. The Kier molecular flexibility index (Phi) is 2.25. The third-order valence-corrected chi connectivity index (χ3v) is 2.68. The van der Waals surface area contributed by atoms with E-state index in [1.165, 1.54) is 19.3 Å². The molecule has 0 aliphatic heterocycles. The van der Waals surface area contributed by atoms with Gasteiger partial charge in [0.25, 0.3) is 0 Å². The highest BCUT2D eigenvalue weighted by atomic mass is 15.0. The van der Waals surface area contributed by atoms with Crippen molar-refractivity contribution in [2.24, 2.45) is 0 Å². The van der Waals surface area contributed by atoms with Crippen LogP contribution in [-0.2, 0) is 5.41 Å². The lowest BCUT2D eigenvalue weighted by molar-refractivity contribution is 0.394. The van der Waals surface area contributed by atoms with E-state index in [2.05, 4.69) is 42.1 Å². The highest BCUT2D eigenvalue weighted by Gasteiger charge is 2.25. The largest absolute Gasteiger partial charge is 0.217 e. The number of aromatic nitrogens is 3. The Hall–Kier alpha value is -0.990. The normalized spacial score (nSPS) is 17.9. The molecule has 0 spiro atoms. The number of hydrogen-bond acceptors (Lipinski definition) is 3. The van der Waals surface area contributed by atoms with E-state index in [1.807, 2.05) is 0 Å². The fraction of sp³-hybridized carbons (Fsp3) is 0.727. The van der Waals surface area contributed by atoms with Crippen molar-refractivity contribution < 1.29 is 0 Å². The van der Waals surface area contributed by atoms with Crippen LogP contribution in [0, 0.1) is 6.33 Å². The minimum absolute atomic E-state index is 0.00205. The van der Waals surface area contributed by atoms with Gasteiger partial charge in [0.1, 0.15) is 11.6 Å². The molecular weight excluding hydrogens is 174 g/mol. The third-order valence-electron chi connectivity index (χ3n) is 2.68. The first-order valence-electron chi connectivity index (χ1n) is 5.20. The van der Waals surface area contributed by atoms with Crippen LogP contribution in [-0.4, -0.2) is 15.0 Å². The molecule has 0 amide bonds. The molecule has 0 bridgehead atoms. The zero-order chi connectivity index (χ0) is 10.2. The predicted octanol–water partition coefficient (Wildman–Crippen LogP) is 2.24. The fourth-order valence-electron chi connectivity index (χ4n) is 1.47. The first-order valence-corrected chi connectivity index (χ1v) is 5.20. The number of nitrogens with zero attached hydrogens (tertiary/aromatic N) is 3. The van der Waals surface area contributed by atoms with Crippen molar-refractivity contribution in [3.05, 3.63) is 18.0 Å².